The number of carbonyl (C=O) groups is 2. The van der Waals surface area contributed by atoms with Crippen LogP contribution in [0.4, 0.5) is 0 Å². The van der Waals surface area contributed by atoms with Crippen molar-refractivity contribution in [1.29, 1.82) is 0 Å². The van der Waals surface area contributed by atoms with Crippen LogP contribution in [0.1, 0.15) is 34.5 Å². The van der Waals surface area contributed by atoms with Gasteiger partial charge in [-0.2, -0.15) is 0 Å². The van der Waals surface area contributed by atoms with E-state index >= 15 is 0 Å². The lowest BCUT2D eigenvalue weighted by Gasteiger charge is -2.35. The summed E-state index contributed by atoms with van der Waals surface area (Å²) in [5, 5.41) is 10.00. The Labute approximate surface area is 162 Å². The molecule has 142 valence electrons. The predicted octanol–water partition coefficient (Wildman–Crippen LogP) is 3.57. The summed E-state index contributed by atoms with van der Waals surface area (Å²) in [5.74, 6) is -0.798. The third-order valence-electron chi connectivity index (χ3n) is 4.54. The lowest BCUT2D eigenvalue weighted by atomic mass is 9.92. The maximum Gasteiger partial charge on any atom is 0.331 e. The zero-order valence-corrected chi connectivity index (χ0v) is 15.8. The van der Waals surface area contributed by atoms with Crippen molar-refractivity contribution >= 4 is 23.5 Å². The van der Waals surface area contributed by atoms with Crippen LogP contribution in [0.5, 0.6) is 11.5 Å². The van der Waals surface area contributed by atoms with Gasteiger partial charge in [-0.3, -0.25) is 4.79 Å². The molecule has 2 aromatic carbocycles. The average Bonchev–Trinajstić information content (AvgIpc) is 2.67. The molecular weight excluding hydrogens is 370 g/mol. The summed E-state index contributed by atoms with van der Waals surface area (Å²) in [5.41, 5.74) is 1.83. The molecule has 6 nitrogen and oxygen atoms in total. The minimum absolute atomic E-state index is 0.240. The second-order valence-electron chi connectivity index (χ2n) is 6.11. The highest BCUT2D eigenvalue weighted by molar-refractivity contribution is 6.32. The van der Waals surface area contributed by atoms with Crippen molar-refractivity contribution in [2.24, 2.45) is 0 Å². The molecule has 1 atom stereocenters. The van der Waals surface area contributed by atoms with E-state index in [1.54, 1.807) is 12.1 Å². The molecule has 2 aromatic rings. The van der Waals surface area contributed by atoms with Crippen LogP contribution in [0.15, 0.2) is 36.4 Å². The van der Waals surface area contributed by atoms with Crippen LogP contribution in [0.25, 0.3) is 0 Å². The summed E-state index contributed by atoms with van der Waals surface area (Å²) in [7, 11) is 1.46. The van der Waals surface area contributed by atoms with E-state index in [2.05, 4.69) is 0 Å². The SMILES string of the molecule is CCOc1c(Cl)cc(C(=O)N2CCc3ccccc3C2C(=O)O)cc1OC. The van der Waals surface area contributed by atoms with Gasteiger partial charge in [-0.15, -0.1) is 0 Å². The fraction of sp³-hybridized carbons (Fsp3) is 0.300. The van der Waals surface area contributed by atoms with Crippen molar-refractivity contribution < 1.29 is 24.2 Å². The number of ether oxygens (including phenoxy) is 2. The molecule has 1 aliphatic heterocycles. The fourth-order valence-electron chi connectivity index (χ4n) is 3.35. The summed E-state index contributed by atoms with van der Waals surface area (Å²) in [4.78, 5) is 26.4. The van der Waals surface area contributed by atoms with Crippen molar-refractivity contribution in [3.8, 4) is 11.5 Å². The van der Waals surface area contributed by atoms with Gasteiger partial charge in [0.2, 0.25) is 0 Å². The van der Waals surface area contributed by atoms with E-state index < -0.39 is 17.9 Å². The third kappa shape index (κ3) is 3.57. The molecule has 0 aliphatic carbocycles. The minimum Gasteiger partial charge on any atom is -0.493 e. The second-order valence-corrected chi connectivity index (χ2v) is 6.52. The van der Waals surface area contributed by atoms with Gasteiger partial charge in [0.05, 0.1) is 18.7 Å². The molecule has 0 radical (unpaired) electrons. The number of fused-ring (bicyclic) bond motifs is 1. The number of hydrogen-bond donors (Lipinski definition) is 1. The van der Waals surface area contributed by atoms with Gasteiger partial charge in [-0.1, -0.05) is 35.9 Å². The van der Waals surface area contributed by atoms with E-state index in [0.717, 1.165) is 5.56 Å². The predicted molar refractivity (Wildman–Crippen MR) is 101 cm³/mol. The van der Waals surface area contributed by atoms with E-state index in [4.69, 9.17) is 21.1 Å². The van der Waals surface area contributed by atoms with Gasteiger partial charge < -0.3 is 19.5 Å². The quantitative estimate of drug-likeness (QED) is 0.846. The lowest BCUT2D eigenvalue weighted by molar-refractivity contribution is -0.143. The van der Waals surface area contributed by atoms with Crippen LogP contribution in [-0.2, 0) is 11.2 Å². The van der Waals surface area contributed by atoms with Crippen LogP contribution < -0.4 is 9.47 Å². The molecule has 1 unspecified atom stereocenters. The third-order valence-corrected chi connectivity index (χ3v) is 4.82. The summed E-state index contributed by atoms with van der Waals surface area (Å²) in [6.45, 7) is 2.52. The maximum absolute atomic E-state index is 13.1. The number of nitrogens with zero attached hydrogens (tertiary/aromatic N) is 1. The fourth-order valence-corrected chi connectivity index (χ4v) is 3.61. The minimum atomic E-state index is -1.07. The largest absolute Gasteiger partial charge is 0.493 e. The Hall–Kier alpha value is -2.73. The highest BCUT2D eigenvalue weighted by Crippen LogP contribution is 2.38. The van der Waals surface area contributed by atoms with Crippen LogP contribution in [0, 0.1) is 0 Å². The van der Waals surface area contributed by atoms with Crippen molar-refractivity contribution in [2.45, 2.75) is 19.4 Å². The molecule has 0 saturated carbocycles. The van der Waals surface area contributed by atoms with Gasteiger partial charge in [0.15, 0.2) is 17.5 Å². The Bertz CT molecular complexity index is 883. The Kier molecular flexibility index (Phi) is 5.56. The van der Waals surface area contributed by atoms with Gasteiger partial charge in [0.25, 0.3) is 5.91 Å². The Balaban J connectivity index is 2.00. The van der Waals surface area contributed by atoms with Gasteiger partial charge in [-0.25, -0.2) is 4.79 Å². The zero-order chi connectivity index (χ0) is 19.6. The Morgan fingerprint density at radius 3 is 2.70 bits per heavy atom. The first-order chi connectivity index (χ1) is 13.0. The summed E-state index contributed by atoms with van der Waals surface area (Å²) >= 11 is 6.26. The highest BCUT2D eigenvalue weighted by Gasteiger charge is 2.36. The summed E-state index contributed by atoms with van der Waals surface area (Å²) in [6, 6.07) is 9.25. The number of carboxylic acids is 1. The standard InChI is InChI=1S/C20H20ClNO5/c1-3-27-18-15(21)10-13(11-16(18)26-2)19(23)22-9-8-12-6-4-5-7-14(12)17(22)20(24)25/h4-7,10-11,17H,3,8-9H2,1-2H3,(H,24,25). The van der Waals surface area contributed by atoms with Crippen LogP contribution in [-0.4, -0.2) is 42.1 Å². The number of amides is 1. The van der Waals surface area contributed by atoms with E-state index in [0.29, 0.717) is 36.6 Å². The first-order valence-electron chi connectivity index (χ1n) is 8.59. The number of halogens is 1. The van der Waals surface area contributed by atoms with Crippen molar-refractivity contribution in [3.05, 3.63) is 58.1 Å². The lowest BCUT2D eigenvalue weighted by Crippen LogP contribution is -2.43. The molecule has 1 heterocycles. The molecule has 7 heteroatoms. The number of aliphatic carboxylic acids is 1. The second kappa shape index (κ2) is 7.88. The molecule has 0 fully saturated rings. The molecule has 1 aliphatic rings. The zero-order valence-electron chi connectivity index (χ0n) is 15.1. The van der Waals surface area contributed by atoms with Crippen molar-refractivity contribution in [2.75, 3.05) is 20.3 Å². The Morgan fingerprint density at radius 1 is 1.30 bits per heavy atom. The number of carbonyl (C=O) groups excluding carboxylic acids is 1. The van der Waals surface area contributed by atoms with Gasteiger partial charge in [0, 0.05) is 12.1 Å². The number of benzene rings is 2. The van der Waals surface area contributed by atoms with E-state index in [9.17, 15) is 14.7 Å². The van der Waals surface area contributed by atoms with Gasteiger partial charge in [-0.05, 0) is 36.6 Å². The molecule has 0 saturated heterocycles. The molecule has 27 heavy (non-hydrogen) atoms. The van der Waals surface area contributed by atoms with E-state index in [1.165, 1.54) is 24.1 Å². The first kappa shape index (κ1) is 19.0. The van der Waals surface area contributed by atoms with Crippen LogP contribution in [0.3, 0.4) is 0 Å². The Morgan fingerprint density at radius 2 is 2.04 bits per heavy atom. The van der Waals surface area contributed by atoms with E-state index in [1.807, 2.05) is 19.1 Å². The molecule has 0 bridgehead atoms. The number of carboxylic acid groups (broad SMARTS) is 1. The normalized spacial score (nSPS) is 15.8. The van der Waals surface area contributed by atoms with Gasteiger partial charge in [0.1, 0.15) is 0 Å². The summed E-state index contributed by atoms with van der Waals surface area (Å²) in [6.07, 6.45) is 0.591. The molecular formula is C20H20ClNO5. The smallest absolute Gasteiger partial charge is 0.331 e. The van der Waals surface area contributed by atoms with Crippen molar-refractivity contribution in [3.63, 3.8) is 0 Å². The number of hydrogen-bond acceptors (Lipinski definition) is 4. The monoisotopic (exact) mass is 389 g/mol. The average molecular weight is 390 g/mol. The van der Waals surface area contributed by atoms with Gasteiger partial charge >= 0.3 is 5.97 Å². The topological polar surface area (TPSA) is 76.1 Å². The molecule has 1 amide bonds. The molecule has 0 spiro atoms. The van der Waals surface area contributed by atoms with Crippen LogP contribution >= 0.6 is 11.6 Å². The molecule has 3 rings (SSSR count). The summed E-state index contributed by atoms with van der Waals surface area (Å²) < 4.78 is 10.8. The number of methoxy groups -OCH3 is 1. The van der Waals surface area contributed by atoms with Crippen LogP contribution in [0.2, 0.25) is 5.02 Å². The van der Waals surface area contributed by atoms with Crippen molar-refractivity contribution in [1.82, 2.24) is 4.90 Å². The molecule has 1 N–H and O–H groups in total. The number of rotatable bonds is 5. The first-order valence-corrected chi connectivity index (χ1v) is 8.97. The molecule has 0 aromatic heterocycles. The maximum atomic E-state index is 13.1. The van der Waals surface area contributed by atoms with E-state index in [-0.39, 0.29) is 10.6 Å². The highest BCUT2D eigenvalue weighted by atomic mass is 35.5.